The minimum absolute atomic E-state index is 0.312. The van der Waals surface area contributed by atoms with Crippen LogP contribution in [0.15, 0.2) is 71.1 Å². The molecule has 36 heavy (non-hydrogen) atoms. The highest BCUT2D eigenvalue weighted by Crippen LogP contribution is 2.31. The Balaban J connectivity index is 1.34. The molecule has 0 saturated carbocycles. The summed E-state index contributed by atoms with van der Waals surface area (Å²) in [5, 5.41) is 12.6. The number of ether oxygens (including phenoxy) is 1. The van der Waals surface area contributed by atoms with Crippen LogP contribution in [-0.4, -0.2) is 21.4 Å². The highest BCUT2D eigenvalue weighted by Gasteiger charge is 2.17. The van der Waals surface area contributed by atoms with E-state index in [1.807, 2.05) is 30.3 Å². The maximum absolute atomic E-state index is 15.1. The van der Waals surface area contributed by atoms with Gasteiger partial charge in [-0.1, -0.05) is 32.9 Å². The van der Waals surface area contributed by atoms with E-state index in [4.69, 9.17) is 4.74 Å². The van der Waals surface area contributed by atoms with Gasteiger partial charge in [0.25, 0.3) is 0 Å². The lowest BCUT2D eigenvalue weighted by Gasteiger charge is -2.13. The number of rotatable bonds is 7. The monoisotopic (exact) mass is 481 g/mol. The van der Waals surface area contributed by atoms with Crippen LogP contribution >= 0.6 is 0 Å². The molecule has 4 aromatic rings. The van der Waals surface area contributed by atoms with Crippen LogP contribution in [0.1, 0.15) is 43.9 Å². The van der Waals surface area contributed by atoms with Gasteiger partial charge in [0.1, 0.15) is 29.5 Å². The first-order valence-corrected chi connectivity index (χ1v) is 12.1. The van der Waals surface area contributed by atoms with Gasteiger partial charge in [-0.15, -0.1) is 0 Å². The van der Waals surface area contributed by atoms with Gasteiger partial charge in [0.15, 0.2) is 0 Å². The van der Waals surface area contributed by atoms with E-state index in [-0.39, 0.29) is 0 Å². The summed E-state index contributed by atoms with van der Waals surface area (Å²) in [6.07, 6.45) is 3.15. The van der Waals surface area contributed by atoms with Crippen LogP contribution in [0.3, 0.4) is 0 Å². The second kappa shape index (κ2) is 9.85. The fraction of sp³-hybridized carbons (Fsp3) is 0.241. The number of aromatic nitrogens is 2. The predicted octanol–water partition coefficient (Wildman–Crippen LogP) is 7.38. The Labute approximate surface area is 210 Å². The Kier molecular flexibility index (Phi) is 6.46. The van der Waals surface area contributed by atoms with Crippen molar-refractivity contribution in [1.82, 2.24) is 9.97 Å². The number of hydrogen-bond acceptors (Lipinski definition) is 6. The average Bonchev–Trinajstić information content (AvgIpc) is 3.37. The summed E-state index contributed by atoms with van der Waals surface area (Å²) >= 11 is 0. The van der Waals surface area contributed by atoms with E-state index in [0.29, 0.717) is 28.9 Å². The summed E-state index contributed by atoms with van der Waals surface area (Å²) < 4.78 is 21.0. The summed E-state index contributed by atoms with van der Waals surface area (Å²) in [7, 11) is 0. The van der Waals surface area contributed by atoms with Gasteiger partial charge >= 0.3 is 0 Å². The molecule has 0 radical (unpaired) electrons. The quantitative estimate of drug-likeness (QED) is 0.299. The fourth-order valence-corrected chi connectivity index (χ4v) is 4.24. The molecule has 7 heteroatoms. The van der Waals surface area contributed by atoms with Gasteiger partial charge in [-0.3, -0.25) is 0 Å². The van der Waals surface area contributed by atoms with E-state index in [0.717, 1.165) is 46.3 Å². The second-order valence-corrected chi connectivity index (χ2v) is 9.24. The minimum Gasteiger partial charge on any atom is -0.457 e. The first kappa shape index (κ1) is 23.6. The molecule has 0 aliphatic carbocycles. The Morgan fingerprint density at radius 1 is 1.00 bits per heavy atom. The largest absolute Gasteiger partial charge is 0.457 e. The Bertz CT molecular complexity index is 1510. The molecule has 2 heterocycles. The molecule has 0 spiro atoms. The Hall–Kier alpha value is -4.13. The lowest BCUT2D eigenvalue weighted by molar-refractivity contribution is 0.477. The number of nitrogens with zero attached hydrogens (tertiary/aromatic N) is 4. The second-order valence-electron chi connectivity index (χ2n) is 9.24. The first-order chi connectivity index (χ1) is 17.4. The number of anilines is 2. The molecule has 0 amide bonds. The fourth-order valence-electron chi connectivity index (χ4n) is 4.24. The van der Waals surface area contributed by atoms with Crippen LogP contribution in [0.5, 0.6) is 11.5 Å². The molecule has 0 atom stereocenters. The summed E-state index contributed by atoms with van der Waals surface area (Å²) in [4.78, 5) is 8.74. The van der Waals surface area contributed by atoms with Gasteiger partial charge in [-0.25, -0.2) is 14.4 Å². The molecule has 0 unspecified atom stereocenters. The summed E-state index contributed by atoms with van der Waals surface area (Å²) in [5.41, 5.74) is 6.46. The number of fused-ring (bicyclic) bond motifs is 1. The van der Waals surface area contributed by atoms with Crippen LogP contribution in [0.25, 0.3) is 10.9 Å². The molecule has 1 aliphatic heterocycles. The smallest absolute Gasteiger partial charge is 0.150 e. The Morgan fingerprint density at radius 2 is 1.83 bits per heavy atom. The van der Waals surface area contributed by atoms with Gasteiger partial charge in [-0.2, -0.15) is 10.2 Å². The van der Waals surface area contributed by atoms with E-state index in [1.165, 1.54) is 18.0 Å². The Morgan fingerprint density at radius 3 is 2.58 bits per heavy atom. The van der Waals surface area contributed by atoms with E-state index < -0.39 is 5.82 Å². The van der Waals surface area contributed by atoms with Crippen molar-refractivity contribution in [3.8, 4) is 11.5 Å². The van der Waals surface area contributed by atoms with Crippen molar-refractivity contribution in [2.45, 2.75) is 40.5 Å². The molecule has 0 saturated heterocycles. The normalized spacial score (nSPS) is 13.2. The van der Waals surface area contributed by atoms with Gasteiger partial charge in [-0.05, 0) is 66.8 Å². The van der Waals surface area contributed by atoms with Crippen LogP contribution in [0.4, 0.5) is 15.9 Å². The van der Waals surface area contributed by atoms with Gasteiger partial charge in [0.2, 0.25) is 0 Å². The molecule has 1 aromatic heterocycles. The van der Waals surface area contributed by atoms with Gasteiger partial charge in [0.05, 0.1) is 16.9 Å². The molecule has 3 aromatic carbocycles. The molecular formula is C29H28FN5O. The predicted molar refractivity (Wildman–Crippen MR) is 143 cm³/mol. The van der Waals surface area contributed by atoms with Crippen LogP contribution < -0.4 is 10.1 Å². The van der Waals surface area contributed by atoms with Gasteiger partial charge < -0.3 is 10.1 Å². The van der Waals surface area contributed by atoms with E-state index in [1.54, 1.807) is 12.1 Å². The van der Waals surface area contributed by atoms with Gasteiger partial charge in [0, 0.05) is 29.1 Å². The van der Waals surface area contributed by atoms with Crippen molar-refractivity contribution in [1.29, 1.82) is 0 Å². The molecular weight excluding hydrogens is 453 g/mol. The first-order valence-electron chi connectivity index (χ1n) is 12.1. The van der Waals surface area contributed by atoms with Crippen LogP contribution in [0, 0.1) is 18.7 Å². The van der Waals surface area contributed by atoms with Crippen molar-refractivity contribution in [3.63, 3.8) is 0 Å². The van der Waals surface area contributed by atoms with Crippen molar-refractivity contribution >= 4 is 33.8 Å². The van der Waals surface area contributed by atoms with E-state index in [9.17, 15) is 0 Å². The SMILES string of the molecule is CCc1cc2ncnc(Nc3ccc(Oc4cccc(C5=NN=C(C(C)C)C5)c4)cc3F)c2cc1C. The lowest BCUT2D eigenvalue weighted by atomic mass is 9.99. The number of benzene rings is 3. The average molecular weight is 482 g/mol. The van der Waals surface area contributed by atoms with Crippen LogP contribution in [0.2, 0.25) is 0 Å². The zero-order valence-electron chi connectivity index (χ0n) is 20.8. The molecule has 1 N–H and O–H groups in total. The zero-order chi connectivity index (χ0) is 25.2. The third-order valence-electron chi connectivity index (χ3n) is 6.38. The highest BCUT2D eigenvalue weighted by atomic mass is 19.1. The zero-order valence-corrected chi connectivity index (χ0v) is 20.8. The topological polar surface area (TPSA) is 71.8 Å². The molecule has 0 bridgehead atoms. The van der Waals surface area contributed by atoms with Crippen molar-refractivity contribution < 1.29 is 9.13 Å². The maximum atomic E-state index is 15.1. The number of hydrogen-bond donors (Lipinski definition) is 1. The number of halogens is 1. The number of aryl methyl sites for hydroxylation is 2. The summed E-state index contributed by atoms with van der Waals surface area (Å²) in [6, 6.07) is 16.5. The third kappa shape index (κ3) is 4.82. The summed E-state index contributed by atoms with van der Waals surface area (Å²) in [5.74, 6) is 1.49. The lowest BCUT2D eigenvalue weighted by Crippen LogP contribution is -2.09. The standard InChI is InChI=1S/C29H28FN5O/c1-5-19-13-28-23(11-18(19)4)29(32-16-31-28)33-25-10-9-22(14-24(25)30)36-21-8-6-7-20(12-21)27-15-26(17(2)3)34-35-27/h6-14,16-17H,5,15H2,1-4H3,(H,31,32,33). The van der Waals surface area contributed by atoms with Crippen LogP contribution in [-0.2, 0) is 6.42 Å². The molecule has 0 fully saturated rings. The molecule has 1 aliphatic rings. The minimum atomic E-state index is -0.438. The molecule has 5 rings (SSSR count). The van der Waals surface area contributed by atoms with E-state index in [2.05, 4.69) is 59.2 Å². The highest BCUT2D eigenvalue weighted by molar-refractivity contribution is 6.15. The van der Waals surface area contributed by atoms with Crippen molar-refractivity contribution in [2.24, 2.45) is 16.1 Å². The number of nitrogens with one attached hydrogen (secondary N) is 1. The molecule has 6 nitrogen and oxygen atoms in total. The maximum Gasteiger partial charge on any atom is 0.150 e. The van der Waals surface area contributed by atoms with E-state index >= 15 is 4.39 Å². The third-order valence-corrected chi connectivity index (χ3v) is 6.38. The van der Waals surface area contributed by atoms with Crippen molar-refractivity contribution in [2.75, 3.05) is 5.32 Å². The molecule has 182 valence electrons. The summed E-state index contributed by atoms with van der Waals surface area (Å²) in [6.45, 7) is 8.40. The van der Waals surface area contributed by atoms with Crippen molar-refractivity contribution in [3.05, 3.63) is 83.4 Å².